The molecule has 130 valence electrons. The Hall–Kier alpha value is -3.15. The van der Waals surface area contributed by atoms with Gasteiger partial charge in [-0.25, -0.2) is 9.97 Å². The van der Waals surface area contributed by atoms with Gasteiger partial charge in [0, 0.05) is 13.6 Å². The fourth-order valence-electron chi connectivity index (χ4n) is 3.90. The van der Waals surface area contributed by atoms with Crippen LogP contribution in [-0.4, -0.2) is 26.1 Å². The highest BCUT2D eigenvalue weighted by atomic mass is 16.1. The second-order valence-electron chi connectivity index (χ2n) is 6.78. The van der Waals surface area contributed by atoms with Gasteiger partial charge in [-0.3, -0.25) is 9.36 Å². The highest BCUT2D eigenvalue weighted by molar-refractivity contribution is 5.78. The summed E-state index contributed by atoms with van der Waals surface area (Å²) in [5.74, 6) is 1.64. The molecule has 6 heteroatoms. The van der Waals surface area contributed by atoms with Crippen molar-refractivity contribution in [2.45, 2.75) is 18.9 Å². The first-order chi connectivity index (χ1) is 12.7. The van der Waals surface area contributed by atoms with Crippen LogP contribution in [0.25, 0.3) is 21.9 Å². The molecule has 6 nitrogen and oxygen atoms in total. The first-order valence-corrected chi connectivity index (χ1v) is 8.89. The highest BCUT2D eigenvalue weighted by Gasteiger charge is 2.31. The summed E-state index contributed by atoms with van der Waals surface area (Å²) in [6, 6.07) is 15.6. The van der Waals surface area contributed by atoms with E-state index in [1.807, 2.05) is 55.6 Å². The molecule has 0 bridgehead atoms. The molecule has 0 spiro atoms. The maximum absolute atomic E-state index is 12.8. The van der Waals surface area contributed by atoms with Crippen LogP contribution in [0, 0.1) is 0 Å². The van der Waals surface area contributed by atoms with Gasteiger partial charge >= 0.3 is 0 Å². The van der Waals surface area contributed by atoms with E-state index >= 15 is 0 Å². The molecule has 5 rings (SSSR count). The second kappa shape index (κ2) is 5.69. The Bertz CT molecular complexity index is 1140. The Balaban J connectivity index is 1.64. The van der Waals surface area contributed by atoms with Crippen LogP contribution in [0.4, 0.5) is 5.95 Å². The number of hydrogen-bond acceptors (Lipinski definition) is 4. The lowest BCUT2D eigenvalue weighted by Gasteiger charge is -2.25. The Morgan fingerprint density at radius 1 is 1.04 bits per heavy atom. The molecule has 2 aromatic carbocycles. The van der Waals surface area contributed by atoms with Crippen LogP contribution in [-0.2, 0) is 7.05 Å². The van der Waals surface area contributed by atoms with Crippen LogP contribution in [0.2, 0.25) is 0 Å². The number of hydrogen-bond donors (Lipinski definition) is 1. The van der Waals surface area contributed by atoms with Gasteiger partial charge in [-0.2, -0.15) is 0 Å². The van der Waals surface area contributed by atoms with Gasteiger partial charge in [0.15, 0.2) is 0 Å². The van der Waals surface area contributed by atoms with E-state index < -0.39 is 0 Å². The quantitative estimate of drug-likeness (QED) is 0.606. The van der Waals surface area contributed by atoms with Crippen LogP contribution < -0.4 is 10.5 Å². The number of aromatic amines is 1. The number of benzene rings is 2. The van der Waals surface area contributed by atoms with Crippen LogP contribution in [0.3, 0.4) is 0 Å². The largest absolute Gasteiger partial charge is 0.332 e. The number of rotatable bonds is 2. The maximum atomic E-state index is 12.8. The van der Waals surface area contributed by atoms with Crippen molar-refractivity contribution in [3.05, 3.63) is 64.7 Å². The summed E-state index contributed by atoms with van der Waals surface area (Å²) in [5, 5.41) is 0.659. The monoisotopic (exact) mass is 345 g/mol. The van der Waals surface area contributed by atoms with Crippen molar-refractivity contribution in [1.29, 1.82) is 0 Å². The zero-order chi connectivity index (χ0) is 17.7. The van der Waals surface area contributed by atoms with Gasteiger partial charge in [0.1, 0.15) is 5.82 Å². The molecule has 3 heterocycles. The zero-order valence-electron chi connectivity index (χ0n) is 14.5. The maximum Gasteiger partial charge on any atom is 0.261 e. The van der Waals surface area contributed by atoms with Crippen molar-refractivity contribution in [1.82, 2.24) is 19.5 Å². The number of para-hydroxylation sites is 3. The summed E-state index contributed by atoms with van der Waals surface area (Å²) in [7, 11) is 1.81. The van der Waals surface area contributed by atoms with Gasteiger partial charge in [0.2, 0.25) is 5.95 Å². The normalized spacial score (nSPS) is 17.4. The van der Waals surface area contributed by atoms with Crippen molar-refractivity contribution < 1.29 is 0 Å². The summed E-state index contributed by atoms with van der Waals surface area (Å²) in [6.07, 6.45) is 2.00. The third-order valence-electron chi connectivity index (χ3n) is 5.22. The van der Waals surface area contributed by atoms with E-state index in [1.54, 1.807) is 4.57 Å². The molecule has 1 N–H and O–H groups in total. The van der Waals surface area contributed by atoms with Crippen LogP contribution >= 0.6 is 0 Å². The van der Waals surface area contributed by atoms with E-state index in [4.69, 9.17) is 9.97 Å². The lowest BCUT2D eigenvalue weighted by atomic mass is 10.1. The molecule has 1 aliphatic rings. The Morgan fingerprint density at radius 2 is 1.81 bits per heavy atom. The molecule has 2 aromatic heterocycles. The molecule has 1 unspecified atom stereocenters. The first kappa shape index (κ1) is 15.1. The van der Waals surface area contributed by atoms with Crippen molar-refractivity contribution in [3.63, 3.8) is 0 Å². The minimum atomic E-state index is 0.00190. The fraction of sp³-hybridized carbons (Fsp3) is 0.250. The Labute approximate surface area is 150 Å². The minimum Gasteiger partial charge on any atom is -0.332 e. The molecular formula is C20H19N5O. The molecular weight excluding hydrogens is 326 g/mol. The minimum absolute atomic E-state index is 0.00190. The van der Waals surface area contributed by atoms with E-state index in [1.165, 1.54) is 0 Å². The van der Waals surface area contributed by atoms with Crippen LogP contribution in [0.5, 0.6) is 0 Å². The second-order valence-corrected chi connectivity index (χ2v) is 6.78. The topological polar surface area (TPSA) is 66.8 Å². The van der Waals surface area contributed by atoms with Crippen molar-refractivity contribution in [2.75, 3.05) is 11.4 Å². The zero-order valence-corrected chi connectivity index (χ0v) is 14.5. The number of imidazole rings is 1. The molecule has 1 atom stereocenters. The molecule has 26 heavy (non-hydrogen) atoms. The molecule has 0 radical (unpaired) electrons. The van der Waals surface area contributed by atoms with Crippen LogP contribution in [0.1, 0.15) is 24.7 Å². The van der Waals surface area contributed by atoms with Gasteiger partial charge in [0.05, 0.1) is 28.0 Å². The summed E-state index contributed by atoms with van der Waals surface area (Å²) in [5.41, 5.74) is 2.73. The Kier molecular flexibility index (Phi) is 3.31. The SMILES string of the molecule is Cn1c(C2CCCN2c2nc3ccccc3[nH]2)nc2ccccc2c1=O. The van der Waals surface area contributed by atoms with Crippen molar-refractivity contribution in [3.8, 4) is 0 Å². The van der Waals surface area contributed by atoms with E-state index in [0.717, 1.165) is 47.7 Å². The number of anilines is 1. The molecule has 1 aliphatic heterocycles. The molecule has 1 saturated heterocycles. The first-order valence-electron chi connectivity index (χ1n) is 8.89. The number of nitrogens with one attached hydrogen (secondary N) is 1. The predicted octanol–water partition coefficient (Wildman–Crippen LogP) is 3.15. The standard InChI is InChI=1S/C20H19N5O/c1-24-18(21-14-8-3-2-7-13(14)19(24)26)17-11-6-12-25(17)20-22-15-9-4-5-10-16(15)23-20/h2-5,7-10,17H,6,11-12H2,1H3,(H,22,23). The average molecular weight is 345 g/mol. The van der Waals surface area contributed by atoms with E-state index in [9.17, 15) is 4.79 Å². The highest BCUT2D eigenvalue weighted by Crippen LogP contribution is 2.34. The molecule has 0 aliphatic carbocycles. The van der Waals surface area contributed by atoms with Crippen molar-refractivity contribution in [2.24, 2.45) is 7.05 Å². The number of nitrogens with zero attached hydrogens (tertiary/aromatic N) is 4. The third-order valence-corrected chi connectivity index (χ3v) is 5.22. The third kappa shape index (κ3) is 2.22. The summed E-state index contributed by atoms with van der Waals surface area (Å²) < 4.78 is 1.69. The molecule has 4 aromatic rings. The van der Waals surface area contributed by atoms with E-state index in [0.29, 0.717) is 5.39 Å². The summed E-state index contributed by atoms with van der Waals surface area (Å²) >= 11 is 0. The fourth-order valence-corrected chi connectivity index (χ4v) is 3.90. The molecule has 0 amide bonds. The summed E-state index contributed by atoms with van der Waals surface area (Å²) in [4.78, 5) is 28.0. The summed E-state index contributed by atoms with van der Waals surface area (Å²) in [6.45, 7) is 0.896. The smallest absolute Gasteiger partial charge is 0.261 e. The van der Waals surface area contributed by atoms with Gasteiger partial charge in [-0.15, -0.1) is 0 Å². The van der Waals surface area contributed by atoms with Gasteiger partial charge in [0.25, 0.3) is 5.56 Å². The van der Waals surface area contributed by atoms with Gasteiger partial charge in [-0.1, -0.05) is 24.3 Å². The van der Waals surface area contributed by atoms with E-state index in [-0.39, 0.29) is 11.6 Å². The average Bonchev–Trinajstić information content (AvgIpc) is 3.31. The predicted molar refractivity (Wildman–Crippen MR) is 102 cm³/mol. The lowest BCUT2D eigenvalue weighted by molar-refractivity contribution is 0.605. The van der Waals surface area contributed by atoms with Crippen molar-refractivity contribution >= 4 is 27.9 Å². The number of aromatic nitrogens is 4. The van der Waals surface area contributed by atoms with E-state index in [2.05, 4.69) is 9.88 Å². The van der Waals surface area contributed by atoms with Gasteiger partial charge in [-0.05, 0) is 37.1 Å². The van der Waals surface area contributed by atoms with Gasteiger partial charge < -0.3 is 9.88 Å². The molecule has 1 fully saturated rings. The van der Waals surface area contributed by atoms with Crippen LogP contribution in [0.15, 0.2) is 53.3 Å². The molecule has 0 saturated carbocycles. The Morgan fingerprint density at radius 3 is 2.65 bits per heavy atom. The number of H-pyrrole nitrogens is 1. The number of fused-ring (bicyclic) bond motifs is 2. The lowest BCUT2D eigenvalue weighted by Crippen LogP contribution is -2.31.